The van der Waals surface area contributed by atoms with E-state index in [9.17, 15) is 8.78 Å². The molecule has 0 bridgehead atoms. The van der Waals surface area contributed by atoms with Gasteiger partial charge in [-0.3, -0.25) is 4.90 Å². The molecule has 2 aromatic carbocycles. The summed E-state index contributed by atoms with van der Waals surface area (Å²) < 4.78 is 30.2. The Bertz CT molecular complexity index is 916. The zero-order valence-electron chi connectivity index (χ0n) is 14.8. The van der Waals surface area contributed by atoms with Gasteiger partial charge in [0.05, 0.1) is 6.04 Å². The van der Waals surface area contributed by atoms with Crippen LogP contribution in [0.3, 0.4) is 0 Å². The number of rotatable bonds is 3. The molecule has 1 aliphatic heterocycles. The van der Waals surface area contributed by atoms with Crippen molar-refractivity contribution in [3.63, 3.8) is 0 Å². The Kier molecular flexibility index (Phi) is 4.60. The molecule has 1 aliphatic rings. The van der Waals surface area contributed by atoms with Gasteiger partial charge in [0, 0.05) is 37.1 Å². The second-order valence-corrected chi connectivity index (χ2v) is 6.98. The van der Waals surface area contributed by atoms with Gasteiger partial charge in [-0.15, -0.1) is 0 Å². The van der Waals surface area contributed by atoms with Crippen LogP contribution in [0.4, 0.5) is 8.78 Å². The third kappa shape index (κ3) is 3.17. The summed E-state index contributed by atoms with van der Waals surface area (Å²) in [5.74, 6) is -1.53. The average molecular weight is 352 g/mol. The topological polar surface area (TPSA) is 8.17 Å². The van der Waals surface area contributed by atoms with Crippen LogP contribution >= 0.6 is 0 Å². The number of fused-ring (bicyclic) bond motifs is 1. The summed E-state index contributed by atoms with van der Waals surface area (Å²) >= 11 is 0. The second-order valence-electron chi connectivity index (χ2n) is 6.98. The van der Waals surface area contributed by atoms with E-state index in [0.29, 0.717) is 12.1 Å². The molecule has 2 nitrogen and oxygen atoms in total. The zero-order valence-corrected chi connectivity index (χ0v) is 14.8. The van der Waals surface area contributed by atoms with Crippen molar-refractivity contribution in [2.75, 3.05) is 6.54 Å². The van der Waals surface area contributed by atoms with Crippen LogP contribution in [0, 0.1) is 18.6 Å². The van der Waals surface area contributed by atoms with E-state index in [1.165, 1.54) is 22.9 Å². The summed E-state index contributed by atoms with van der Waals surface area (Å²) in [4.78, 5) is 2.26. The maximum atomic E-state index is 14.3. The van der Waals surface area contributed by atoms with Gasteiger partial charge in [0.15, 0.2) is 11.6 Å². The first kappa shape index (κ1) is 17.0. The normalized spacial score (nSPS) is 17.7. The maximum Gasteiger partial charge on any atom is 0.163 e. The SMILES string of the molecule is Cc1cccc([C@H]2c3cccn3CCCN2Cc2cccc(F)c2F)c1. The lowest BCUT2D eigenvalue weighted by Crippen LogP contribution is -2.30. The number of halogens is 2. The Morgan fingerprint density at radius 2 is 1.85 bits per heavy atom. The van der Waals surface area contributed by atoms with Gasteiger partial charge in [0.25, 0.3) is 0 Å². The Balaban J connectivity index is 1.77. The van der Waals surface area contributed by atoms with Crippen molar-refractivity contribution in [1.29, 1.82) is 0 Å². The highest BCUT2D eigenvalue weighted by Crippen LogP contribution is 2.33. The lowest BCUT2D eigenvalue weighted by Gasteiger charge is -2.31. The van der Waals surface area contributed by atoms with Gasteiger partial charge in [0.1, 0.15) is 0 Å². The minimum Gasteiger partial charge on any atom is -0.350 e. The number of hydrogen-bond donors (Lipinski definition) is 0. The molecular weight excluding hydrogens is 330 g/mol. The third-order valence-corrected chi connectivity index (χ3v) is 5.12. The quantitative estimate of drug-likeness (QED) is 0.639. The molecule has 4 heteroatoms. The van der Waals surface area contributed by atoms with Crippen molar-refractivity contribution in [2.45, 2.75) is 32.5 Å². The second kappa shape index (κ2) is 7.04. The highest BCUT2D eigenvalue weighted by atomic mass is 19.2. The van der Waals surface area contributed by atoms with Crippen LogP contribution in [0.5, 0.6) is 0 Å². The minimum absolute atomic E-state index is 0.0232. The summed E-state index contributed by atoms with van der Waals surface area (Å²) in [5.41, 5.74) is 3.98. The molecule has 1 aromatic heterocycles. The first-order valence-electron chi connectivity index (χ1n) is 9.02. The van der Waals surface area contributed by atoms with Crippen LogP contribution in [-0.4, -0.2) is 16.0 Å². The van der Waals surface area contributed by atoms with Crippen LogP contribution in [-0.2, 0) is 13.1 Å². The van der Waals surface area contributed by atoms with Crippen LogP contribution in [0.25, 0.3) is 0 Å². The molecule has 0 fully saturated rings. The molecule has 0 N–H and O–H groups in total. The predicted octanol–water partition coefficient (Wildman–Crippen LogP) is 5.07. The van der Waals surface area contributed by atoms with Crippen LogP contribution < -0.4 is 0 Å². The average Bonchev–Trinajstić information content (AvgIpc) is 3.00. The summed E-state index contributed by atoms with van der Waals surface area (Å²) in [6.45, 7) is 4.23. The van der Waals surface area contributed by atoms with E-state index < -0.39 is 11.6 Å². The van der Waals surface area contributed by atoms with Crippen molar-refractivity contribution < 1.29 is 8.78 Å². The Labute approximate surface area is 152 Å². The Morgan fingerprint density at radius 1 is 1.00 bits per heavy atom. The van der Waals surface area contributed by atoms with E-state index in [-0.39, 0.29) is 6.04 Å². The lowest BCUT2D eigenvalue weighted by molar-refractivity contribution is 0.216. The Hall–Kier alpha value is -2.46. The summed E-state index contributed by atoms with van der Waals surface area (Å²) in [6, 6.07) is 17.1. The van der Waals surface area contributed by atoms with E-state index in [4.69, 9.17) is 0 Å². The number of aromatic nitrogens is 1. The molecule has 0 radical (unpaired) electrons. The first-order valence-corrected chi connectivity index (χ1v) is 9.02. The first-order chi connectivity index (χ1) is 12.6. The van der Waals surface area contributed by atoms with Crippen LogP contribution in [0.2, 0.25) is 0 Å². The summed E-state index contributed by atoms with van der Waals surface area (Å²) in [6.07, 6.45) is 3.07. The molecule has 0 saturated carbocycles. The number of hydrogen-bond acceptors (Lipinski definition) is 1. The number of nitrogens with zero attached hydrogens (tertiary/aromatic N) is 2. The van der Waals surface area contributed by atoms with E-state index in [1.54, 1.807) is 12.1 Å². The van der Waals surface area contributed by atoms with E-state index in [2.05, 4.69) is 59.0 Å². The molecule has 1 atom stereocenters. The highest BCUT2D eigenvalue weighted by molar-refractivity contribution is 5.33. The minimum atomic E-state index is -0.784. The van der Waals surface area contributed by atoms with Gasteiger partial charge in [-0.2, -0.15) is 0 Å². The fourth-order valence-corrected chi connectivity index (χ4v) is 3.92. The van der Waals surface area contributed by atoms with Crippen molar-refractivity contribution >= 4 is 0 Å². The predicted molar refractivity (Wildman–Crippen MR) is 98.8 cm³/mol. The maximum absolute atomic E-state index is 14.3. The fraction of sp³-hybridized carbons (Fsp3) is 0.273. The monoisotopic (exact) mass is 352 g/mol. The van der Waals surface area contributed by atoms with Gasteiger partial charge >= 0.3 is 0 Å². The standard InChI is InChI=1S/C22H22F2N2/c1-16-6-2-7-17(14-16)22-20-10-4-11-25(20)12-5-13-26(22)15-18-8-3-9-19(23)21(18)24/h2-4,6-11,14,22H,5,12-13,15H2,1H3/t22-/m0/s1. The molecule has 0 spiro atoms. The summed E-state index contributed by atoms with van der Waals surface area (Å²) in [5, 5.41) is 0. The van der Waals surface area contributed by atoms with Crippen molar-refractivity contribution in [3.05, 3.63) is 94.8 Å². The van der Waals surface area contributed by atoms with Gasteiger partial charge in [-0.25, -0.2) is 8.78 Å². The molecule has 26 heavy (non-hydrogen) atoms. The van der Waals surface area contributed by atoms with Crippen molar-refractivity contribution in [2.24, 2.45) is 0 Å². The molecule has 0 saturated heterocycles. The van der Waals surface area contributed by atoms with E-state index in [1.807, 2.05) is 0 Å². The van der Waals surface area contributed by atoms with Gasteiger partial charge in [-0.1, -0.05) is 42.0 Å². The van der Waals surface area contributed by atoms with Crippen LogP contribution in [0.15, 0.2) is 60.8 Å². The molecule has 3 aromatic rings. The highest BCUT2D eigenvalue weighted by Gasteiger charge is 2.28. The van der Waals surface area contributed by atoms with Gasteiger partial charge < -0.3 is 4.57 Å². The molecule has 2 heterocycles. The molecular formula is C22H22F2N2. The Morgan fingerprint density at radius 3 is 2.69 bits per heavy atom. The fourth-order valence-electron chi connectivity index (χ4n) is 3.92. The van der Waals surface area contributed by atoms with E-state index >= 15 is 0 Å². The molecule has 4 rings (SSSR count). The molecule has 0 amide bonds. The van der Waals surface area contributed by atoms with Gasteiger partial charge in [0.2, 0.25) is 0 Å². The van der Waals surface area contributed by atoms with Crippen LogP contribution in [0.1, 0.15) is 34.8 Å². The smallest absolute Gasteiger partial charge is 0.163 e. The van der Waals surface area contributed by atoms with Crippen molar-refractivity contribution in [3.8, 4) is 0 Å². The zero-order chi connectivity index (χ0) is 18.1. The van der Waals surface area contributed by atoms with Gasteiger partial charge in [-0.05, 0) is 37.1 Å². The number of benzene rings is 2. The number of aryl methyl sites for hydroxylation is 2. The largest absolute Gasteiger partial charge is 0.350 e. The summed E-state index contributed by atoms with van der Waals surface area (Å²) in [7, 11) is 0. The van der Waals surface area contributed by atoms with Crippen molar-refractivity contribution in [1.82, 2.24) is 9.47 Å². The van der Waals surface area contributed by atoms with E-state index in [0.717, 1.165) is 19.5 Å². The third-order valence-electron chi connectivity index (χ3n) is 5.12. The molecule has 134 valence electrons. The molecule has 0 aliphatic carbocycles. The molecule has 0 unspecified atom stereocenters. The lowest BCUT2D eigenvalue weighted by atomic mass is 9.99.